The Bertz CT molecular complexity index is 1600. The van der Waals surface area contributed by atoms with Gasteiger partial charge in [-0.25, -0.2) is 4.79 Å². The molecule has 1 aliphatic carbocycles. The highest BCUT2D eigenvalue weighted by Gasteiger charge is 2.27. The second-order valence-electron chi connectivity index (χ2n) is 10.2. The summed E-state index contributed by atoms with van der Waals surface area (Å²) >= 11 is 2.73. The number of esters is 1. The van der Waals surface area contributed by atoms with Gasteiger partial charge in [0.2, 0.25) is 5.91 Å². The maximum atomic E-state index is 13.1. The van der Waals surface area contributed by atoms with Gasteiger partial charge in [0.15, 0.2) is 11.0 Å². The van der Waals surface area contributed by atoms with Crippen LogP contribution in [0.3, 0.4) is 0 Å². The number of fused-ring (bicyclic) bond motifs is 1. The molecule has 0 saturated heterocycles. The Morgan fingerprint density at radius 2 is 1.80 bits per heavy atom. The number of rotatable bonds is 13. The van der Waals surface area contributed by atoms with E-state index >= 15 is 0 Å². The summed E-state index contributed by atoms with van der Waals surface area (Å²) in [7, 11) is 1.58. The molecular weight excluding hydrogens is 599 g/mol. The fourth-order valence-corrected chi connectivity index (χ4v) is 7.11. The molecule has 5 rings (SSSR count). The van der Waals surface area contributed by atoms with Crippen LogP contribution in [-0.2, 0) is 41.9 Å². The van der Waals surface area contributed by atoms with Gasteiger partial charge >= 0.3 is 5.97 Å². The Morgan fingerprint density at radius 1 is 1.02 bits per heavy atom. The van der Waals surface area contributed by atoms with E-state index < -0.39 is 5.97 Å². The predicted molar refractivity (Wildman–Crippen MR) is 171 cm³/mol. The van der Waals surface area contributed by atoms with Gasteiger partial charge in [0.25, 0.3) is 5.91 Å². The number of amides is 2. The zero-order valence-electron chi connectivity index (χ0n) is 24.8. The number of thiophene rings is 1. The van der Waals surface area contributed by atoms with Crippen LogP contribution >= 0.6 is 23.1 Å². The van der Waals surface area contributed by atoms with Gasteiger partial charge in [-0.3, -0.25) is 9.59 Å². The van der Waals surface area contributed by atoms with E-state index in [1.807, 2.05) is 22.8 Å². The molecule has 2 aromatic heterocycles. The molecule has 0 unspecified atom stereocenters. The number of benzene rings is 2. The van der Waals surface area contributed by atoms with E-state index in [4.69, 9.17) is 9.47 Å². The molecule has 230 valence electrons. The number of anilines is 1. The molecule has 2 aromatic carbocycles. The smallest absolute Gasteiger partial charge is 0.341 e. The SMILES string of the molecule is CCOC(=O)c1c(NC(=O)CSc2nnc(CNC(=O)c3ccc(OC)cc3)n2CCc2ccccc2)sc2c1CCCC2. The number of hydrogen-bond acceptors (Lipinski definition) is 9. The molecule has 4 aromatic rings. The summed E-state index contributed by atoms with van der Waals surface area (Å²) in [4.78, 5) is 39.9. The lowest BCUT2D eigenvalue weighted by molar-refractivity contribution is -0.113. The lowest BCUT2D eigenvalue weighted by Crippen LogP contribution is -2.25. The number of ether oxygens (including phenoxy) is 2. The average molecular weight is 634 g/mol. The van der Waals surface area contributed by atoms with Crippen molar-refractivity contribution in [3.63, 3.8) is 0 Å². The Morgan fingerprint density at radius 3 is 2.55 bits per heavy atom. The number of carbonyl (C=O) groups excluding carboxylic acids is 3. The molecule has 44 heavy (non-hydrogen) atoms. The standard InChI is InChI=1S/C32H35N5O5S2/c1-3-42-31(40)28-24-11-7-8-12-25(24)44-30(28)34-27(38)20-43-32-36-35-26(37(32)18-17-21-9-5-4-6-10-21)19-33-29(39)22-13-15-23(41-2)16-14-22/h4-6,9-10,13-16H,3,7-8,11-12,17-20H2,1-2H3,(H,33,39)(H,34,38). The van der Waals surface area contributed by atoms with E-state index in [0.717, 1.165) is 48.1 Å². The van der Waals surface area contributed by atoms with Crippen LogP contribution in [0.5, 0.6) is 5.75 Å². The third-order valence-corrected chi connectivity index (χ3v) is 9.43. The Labute approximate surface area is 264 Å². The molecule has 0 saturated carbocycles. The second-order valence-corrected chi connectivity index (χ2v) is 12.2. The van der Waals surface area contributed by atoms with Gasteiger partial charge in [0, 0.05) is 17.0 Å². The topological polar surface area (TPSA) is 124 Å². The highest BCUT2D eigenvalue weighted by molar-refractivity contribution is 7.99. The third-order valence-electron chi connectivity index (χ3n) is 7.26. The van der Waals surface area contributed by atoms with Crippen molar-refractivity contribution in [2.24, 2.45) is 0 Å². The van der Waals surface area contributed by atoms with Crippen LogP contribution in [-0.4, -0.2) is 52.0 Å². The zero-order chi connectivity index (χ0) is 30.9. The number of methoxy groups -OCH3 is 1. The van der Waals surface area contributed by atoms with Crippen molar-refractivity contribution >= 4 is 45.9 Å². The highest BCUT2D eigenvalue weighted by Crippen LogP contribution is 2.38. The van der Waals surface area contributed by atoms with Crippen molar-refractivity contribution in [1.29, 1.82) is 0 Å². The number of thioether (sulfide) groups is 1. The first-order valence-electron chi connectivity index (χ1n) is 14.6. The van der Waals surface area contributed by atoms with Gasteiger partial charge < -0.3 is 24.7 Å². The number of carbonyl (C=O) groups is 3. The number of aromatic nitrogens is 3. The van der Waals surface area contributed by atoms with Crippen LogP contribution in [0.15, 0.2) is 59.8 Å². The van der Waals surface area contributed by atoms with Gasteiger partial charge in [0.1, 0.15) is 10.8 Å². The minimum Gasteiger partial charge on any atom is -0.497 e. The van der Waals surface area contributed by atoms with E-state index in [9.17, 15) is 14.4 Å². The summed E-state index contributed by atoms with van der Waals surface area (Å²) in [6.07, 6.45) is 4.52. The first kappa shape index (κ1) is 31.3. The fourth-order valence-electron chi connectivity index (χ4n) is 5.04. The van der Waals surface area contributed by atoms with E-state index in [2.05, 4.69) is 33.0 Å². The molecule has 0 aliphatic heterocycles. The Kier molecular flexibility index (Phi) is 10.7. The number of nitrogens with zero attached hydrogens (tertiary/aromatic N) is 3. The quantitative estimate of drug-likeness (QED) is 0.150. The molecule has 2 amide bonds. The van der Waals surface area contributed by atoms with Crippen molar-refractivity contribution in [2.75, 3.05) is 24.8 Å². The number of hydrogen-bond donors (Lipinski definition) is 2. The van der Waals surface area contributed by atoms with Gasteiger partial charge in [0.05, 0.1) is 31.6 Å². The average Bonchev–Trinajstić information content (AvgIpc) is 3.62. The maximum absolute atomic E-state index is 13.1. The summed E-state index contributed by atoms with van der Waals surface area (Å²) < 4.78 is 12.4. The van der Waals surface area contributed by atoms with E-state index in [0.29, 0.717) is 39.4 Å². The number of aryl methyl sites for hydroxylation is 2. The largest absolute Gasteiger partial charge is 0.497 e. The zero-order valence-corrected chi connectivity index (χ0v) is 26.4. The van der Waals surface area contributed by atoms with Crippen LogP contribution in [0.25, 0.3) is 0 Å². The van der Waals surface area contributed by atoms with Gasteiger partial charge in [-0.1, -0.05) is 42.1 Å². The minimum atomic E-state index is -0.392. The molecule has 0 atom stereocenters. The first-order chi connectivity index (χ1) is 21.5. The summed E-state index contributed by atoms with van der Waals surface area (Å²) in [5.74, 6) is 0.453. The second kappa shape index (κ2) is 15.0. The van der Waals surface area contributed by atoms with Crippen LogP contribution in [0.2, 0.25) is 0 Å². The van der Waals surface area contributed by atoms with Crippen LogP contribution in [0, 0.1) is 0 Å². The lowest BCUT2D eigenvalue weighted by Gasteiger charge is -2.12. The molecule has 1 aliphatic rings. The molecule has 0 radical (unpaired) electrons. The fraction of sp³-hybridized carbons (Fsp3) is 0.344. The molecule has 2 N–H and O–H groups in total. The predicted octanol–water partition coefficient (Wildman–Crippen LogP) is 5.31. The monoisotopic (exact) mass is 633 g/mol. The van der Waals surface area contributed by atoms with E-state index in [1.165, 1.54) is 23.1 Å². The van der Waals surface area contributed by atoms with Crippen LogP contribution in [0.1, 0.15) is 62.3 Å². The highest BCUT2D eigenvalue weighted by atomic mass is 32.2. The molecule has 0 fully saturated rings. The van der Waals surface area contributed by atoms with Gasteiger partial charge in [-0.2, -0.15) is 0 Å². The van der Waals surface area contributed by atoms with Gasteiger partial charge in [-0.05, 0) is 74.4 Å². The molecular formula is C32H35N5O5S2. The Hall–Kier alpha value is -4.16. The number of nitrogens with one attached hydrogen (secondary N) is 2. The first-order valence-corrected chi connectivity index (χ1v) is 16.4. The third kappa shape index (κ3) is 7.67. The van der Waals surface area contributed by atoms with Crippen LogP contribution in [0.4, 0.5) is 5.00 Å². The van der Waals surface area contributed by atoms with Crippen molar-refractivity contribution in [3.8, 4) is 5.75 Å². The van der Waals surface area contributed by atoms with Crippen molar-refractivity contribution in [3.05, 3.63) is 87.6 Å². The molecule has 12 heteroatoms. The normalized spacial score (nSPS) is 12.3. The summed E-state index contributed by atoms with van der Waals surface area (Å²) in [5.41, 5.74) is 3.15. The molecule has 10 nitrogen and oxygen atoms in total. The lowest BCUT2D eigenvalue weighted by atomic mass is 9.95. The minimum absolute atomic E-state index is 0.0759. The van der Waals surface area contributed by atoms with Crippen molar-refractivity contribution < 1.29 is 23.9 Å². The van der Waals surface area contributed by atoms with Gasteiger partial charge in [-0.15, -0.1) is 21.5 Å². The van der Waals surface area contributed by atoms with Crippen LogP contribution < -0.4 is 15.4 Å². The van der Waals surface area contributed by atoms with Crippen molar-refractivity contribution in [1.82, 2.24) is 20.1 Å². The maximum Gasteiger partial charge on any atom is 0.341 e. The summed E-state index contributed by atoms with van der Waals surface area (Å²) in [6.45, 7) is 2.79. The van der Waals surface area contributed by atoms with E-state index in [1.54, 1.807) is 38.3 Å². The summed E-state index contributed by atoms with van der Waals surface area (Å²) in [5, 5.41) is 15.7. The molecule has 0 bridgehead atoms. The summed E-state index contributed by atoms with van der Waals surface area (Å²) in [6, 6.07) is 16.9. The molecule has 2 heterocycles. The van der Waals surface area contributed by atoms with E-state index in [-0.39, 0.29) is 30.7 Å². The van der Waals surface area contributed by atoms with Crippen molar-refractivity contribution in [2.45, 2.75) is 57.3 Å². The molecule has 0 spiro atoms. The Balaban J connectivity index is 1.28.